The molecule has 3 heterocycles. The molecular weight excluding hydrogens is 364 g/mol. The summed E-state index contributed by atoms with van der Waals surface area (Å²) in [6, 6.07) is 1.73. The van der Waals surface area contributed by atoms with Crippen molar-refractivity contribution in [2.24, 2.45) is 11.8 Å². The van der Waals surface area contributed by atoms with Crippen molar-refractivity contribution in [1.29, 1.82) is 0 Å². The summed E-state index contributed by atoms with van der Waals surface area (Å²) in [5.41, 5.74) is -0.727. The lowest BCUT2D eigenvalue weighted by Gasteiger charge is -2.25. The minimum Gasteiger partial charge on any atom is -0.355 e. The van der Waals surface area contributed by atoms with Crippen molar-refractivity contribution in [3.05, 3.63) is 23.9 Å². The van der Waals surface area contributed by atoms with E-state index in [0.29, 0.717) is 13.1 Å². The standard InChI is InChI=1S/C18H22F4N4O/c19-11-6-15(24-7-11)17(27)25-14-4-3-10-8-26(9-12(10)14)16-13(18(20,21)22)2-1-5-23-16/h1-2,5,10-12,14-15,24H,3-4,6-9H2,(H,25,27)/t10-,11-,12+,14+,15+/m1/s1. The van der Waals surface area contributed by atoms with Crippen LogP contribution in [0.3, 0.4) is 0 Å². The number of hydrogen-bond acceptors (Lipinski definition) is 4. The predicted octanol–water partition coefficient (Wildman–Crippen LogP) is 2.13. The molecule has 1 saturated carbocycles. The first-order chi connectivity index (χ1) is 12.8. The summed E-state index contributed by atoms with van der Waals surface area (Å²) in [4.78, 5) is 18.0. The van der Waals surface area contributed by atoms with Gasteiger partial charge in [0.05, 0.1) is 11.6 Å². The van der Waals surface area contributed by atoms with E-state index in [1.165, 1.54) is 12.3 Å². The Morgan fingerprint density at radius 2 is 2.11 bits per heavy atom. The Kier molecular flexibility index (Phi) is 4.73. The number of aromatic nitrogens is 1. The number of halogens is 4. The normalized spacial score (nSPS) is 33.3. The summed E-state index contributed by atoms with van der Waals surface area (Å²) in [6.45, 7) is 1.12. The maximum Gasteiger partial charge on any atom is 0.419 e. The van der Waals surface area contributed by atoms with E-state index in [1.807, 2.05) is 0 Å². The lowest BCUT2D eigenvalue weighted by Crippen LogP contribution is -2.47. The van der Waals surface area contributed by atoms with Crippen molar-refractivity contribution in [3.63, 3.8) is 0 Å². The highest BCUT2D eigenvalue weighted by Crippen LogP contribution is 2.42. The second-order valence-corrected chi connectivity index (χ2v) is 7.69. The molecule has 0 unspecified atom stereocenters. The van der Waals surface area contributed by atoms with E-state index in [4.69, 9.17) is 0 Å². The maximum atomic E-state index is 13.3. The number of nitrogens with one attached hydrogen (secondary N) is 2. The van der Waals surface area contributed by atoms with E-state index < -0.39 is 24.0 Å². The summed E-state index contributed by atoms with van der Waals surface area (Å²) in [6.07, 6.45) is -2.27. The van der Waals surface area contributed by atoms with Gasteiger partial charge in [0.15, 0.2) is 0 Å². The highest BCUT2D eigenvalue weighted by molar-refractivity contribution is 5.82. The van der Waals surface area contributed by atoms with Crippen LogP contribution in [0.15, 0.2) is 18.3 Å². The van der Waals surface area contributed by atoms with Gasteiger partial charge >= 0.3 is 6.18 Å². The molecule has 1 aromatic heterocycles. The van der Waals surface area contributed by atoms with Crippen molar-refractivity contribution >= 4 is 11.7 Å². The van der Waals surface area contributed by atoms with Crippen LogP contribution >= 0.6 is 0 Å². The quantitative estimate of drug-likeness (QED) is 0.782. The Morgan fingerprint density at radius 1 is 1.30 bits per heavy atom. The number of anilines is 1. The second kappa shape index (κ2) is 6.92. The van der Waals surface area contributed by atoms with E-state index in [-0.39, 0.29) is 42.6 Å². The molecule has 3 fully saturated rings. The van der Waals surface area contributed by atoms with Crippen LogP contribution in [-0.2, 0) is 11.0 Å². The number of rotatable bonds is 3. The highest BCUT2D eigenvalue weighted by Gasteiger charge is 2.46. The number of fused-ring (bicyclic) bond motifs is 1. The van der Waals surface area contributed by atoms with Crippen LogP contribution in [-0.4, -0.2) is 48.8 Å². The number of amides is 1. The van der Waals surface area contributed by atoms with Crippen molar-refractivity contribution in [2.75, 3.05) is 24.5 Å². The molecule has 0 spiro atoms. The molecule has 2 N–H and O–H groups in total. The Hall–Kier alpha value is -1.90. The van der Waals surface area contributed by atoms with Crippen LogP contribution in [0, 0.1) is 11.8 Å². The van der Waals surface area contributed by atoms with E-state index in [9.17, 15) is 22.4 Å². The number of alkyl halides is 4. The second-order valence-electron chi connectivity index (χ2n) is 7.69. The first-order valence-electron chi connectivity index (χ1n) is 9.28. The third kappa shape index (κ3) is 3.61. The van der Waals surface area contributed by atoms with Gasteiger partial charge in [-0.15, -0.1) is 0 Å². The molecule has 0 aromatic carbocycles. The molecule has 1 aromatic rings. The van der Waals surface area contributed by atoms with Crippen LogP contribution in [0.5, 0.6) is 0 Å². The molecule has 5 nitrogen and oxygen atoms in total. The molecule has 5 atom stereocenters. The molecule has 27 heavy (non-hydrogen) atoms. The van der Waals surface area contributed by atoms with Crippen LogP contribution in [0.25, 0.3) is 0 Å². The first-order valence-corrected chi connectivity index (χ1v) is 9.28. The van der Waals surface area contributed by atoms with Gasteiger partial charge in [-0.05, 0) is 30.9 Å². The molecule has 148 valence electrons. The van der Waals surface area contributed by atoms with Crippen LogP contribution < -0.4 is 15.5 Å². The largest absolute Gasteiger partial charge is 0.419 e. The number of pyridine rings is 1. The predicted molar refractivity (Wildman–Crippen MR) is 90.9 cm³/mol. The third-order valence-electron chi connectivity index (χ3n) is 5.97. The number of nitrogens with zero attached hydrogens (tertiary/aromatic N) is 2. The molecule has 1 amide bonds. The Balaban J connectivity index is 1.44. The molecule has 0 radical (unpaired) electrons. The fraction of sp³-hybridized carbons (Fsp3) is 0.667. The SMILES string of the molecule is O=C(N[C@H]1CC[C@@H]2CN(c3ncccc3C(F)(F)F)C[C@@H]21)[C@@H]1C[C@@H](F)CN1. The molecule has 1 aliphatic carbocycles. The fourth-order valence-electron chi connectivity index (χ4n) is 4.66. The molecular formula is C18H22F4N4O. The van der Waals surface area contributed by atoms with Gasteiger partial charge in [-0.3, -0.25) is 4.79 Å². The minimum absolute atomic E-state index is 0.0396. The van der Waals surface area contributed by atoms with Gasteiger partial charge < -0.3 is 15.5 Å². The maximum absolute atomic E-state index is 13.3. The summed E-state index contributed by atoms with van der Waals surface area (Å²) >= 11 is 0. The summed E-state index contributed by atoms with van der Waals surface area (Å²) in [5.74, 6) is 0.0544. The summed E-state index contributed by atoms with van der Waals surface area (Å²) in [5, 5.41) is 5.86. The summed E-state index contributed by atoms with van der Waals surface area (Å²) < 4.78 is 53.1. The highest BCUT2D eigenvalue weighted by atomic mass is 19.4. The van der Waals surface area contributed by atoms with E-state index in [1.54, 1.807) is 4.90 Å². The zero-order valence-electron chi connectivity index (χ0n) is 14.7. The monoisotopic (exact) mass is 386 g/mol. The van der Waals surface area contributed by atoms with E-state index in [2.05, 4.69) is 15.6 Å². The van der Waals surface area contributed by atoms with Crippen molar-refractivity contribution in [3.8, 4) is 0 Å². The third-order valence-corrected chi connectivity index (χ3v) is 5.97. The smallest absolute Gasteiger partial charge is 0.355 e. The van der Waals surface area contributed by atoms with Gasteiger partial charge in [-0.2, -0.15) is 13.2 Å². The molecule has 2 saturated heterocycles. The van der Waals surface area contributed by atoms with Gasteiger partial charge in [0.2, 0.25) is 5.91 Å². The molecule has 0 bridgehead atoms. The topological polar surface area (TPSA) is 57.3 Å². The van der Waals surface area contributed by atoms with E-state index in [0.717, 1.165) is 18.9 Å². The van der Waals surface area contributed by atoms with Gasteiger partial charge in [0.1, 0.15) is 12.0 Å². The first kappa shape index (κ1) is 18.5. The fourth-order valence-corrected chi connectivity index (χ4v) is 4.66. The number of hydrogen-bond donors (Lipinski definition) is 2. The Morgan fingerprint density at radius 3 is 2.81 bits per heavy atom. The molecule has 4 rings (SSSR count). The van der Waals surface area contributed by atoms with Gasteiger partial charge in [-0.25, -0.2) is 9.37 Å². The lowest BCUT2D eigenvalue weighted by molar-refractivity contribution is -0.137. The summed E-state index contributed by atoms with van der Waals surface area (Å²) in [7, 11) is 0. The molecule has 2 aliphatic heterocycles. The minimum atomic E-state index is -4.45. The zero-order valence-corrected chi connectivity index (χ0v) is 14.7. The van der Waals surface area contributed by atoms with Gasteiger partial charge in [-0.1, -0.05) is 0 Å². The number of carbonyl (C=O) groups excluding carboxylic acids is 1. The van der Waals surface area contributed by atoms with Gasteiger partial charge in [0.25, 0.3) is 0 Å². The Labute approximate surface area is 154 Å². The average Bonchev–Trinajstić information content (AvgIpc) is 3.31. The number of carbonyl (C=O) groups is 1. The van der Waals surface area contributed by atoms with Crippen LogP contribution in [0.1, 0.15) is 24.8 Å². The molecule has 9 heteroatoms. The molecule has 3 aliphatic rings. The van der Waals surface area contributed by atoms with Crippen LogP contribution in [0.4, 0.5) is 23.4 Å². The van der Waals surface area contributed by atoms with E-state index >= 15 is 0 Å². The Bertz CT molecular complexity index is 713. The average molecular weight is 386 g/mol. The van der Waals surface area contributed by atoms with Crippen LogP contribution in [0.2, 0.25) is 0 Å². The van der Waals surface area contributed by atoms with Crippen molar-refractivity contribution in [2.45, 2.75) is 43.7 Å². The zero-order chi connectivity index (χ0) is 19.2. The van der Waals surface area contributed by atoms with Gasteiger partial charge in [0, 0.05) is 44.2 Å². The van der Waals surface area contributed by atoms with Crippen molar-refractivity contribution < 1.29 is 22.4 Å². The van der Waals surface area contributed by atoms with Crippen molar-refractivity contribution in [1.82, 2.24) is 15.6 Å². The lowest BCUT2D eigenvalue weighted by atomic mass is 9.97.